The van der Waals surface area contributed by atoms with E-state index < -0.39 is 0 Å². The zero-order valence-electron chi connectivity index (χ0n) is 5.55. The van der Waals surface area contributed by atoms with Crippen LogP contribution in [0.25, 0.3) is 0 Å². The van der Waals surface area contributed by atoms with Crippen molar-refractivity contribution in [2.45, 2.75) is 12.7 Å². The van der Waals surface area contributed by atoms with Gasteiger partial charge in [-0.2, -0.15) is 11.8 Å². The number of aryl methyl sites for hydroxylation is 1. The van der Waals surface area contributed by atoms with Gasteiger partial charge in [0.25, 0.3) is 0 Å². The van der Waals surface area contributed by atoms with Crippen LogP contribution < -0.4 is 0 Å². The average molecular weight is 159 g/mol. The molecule has 0 fully saturated rings. The molecule has 0 amide bonds. The summed E-state index contributed by atoms with van der Waals surface area (Å²) < 4.78 is 0. The van der Waals surface area contributed by atoms with E-state index in [-0.39, 0.29) is 0 Å². The predicted octanol–water partition coefficient (Wildman–Crippen LogP) is 2.31. The Bertz CT molecular complexity index is 183. The summed E-state index contributed by atoms with van der Waals surface area (Å²) in [4.78, 5) is 4.30. The SMILES string of the molecule is CSCc1csc(C)n1. The molecule has 0 saturated carbocycles. The molecule has 0 aliphatic rings. The Balaban J connectivity index is 2.61. The molecule has 0 spiro atoms. The second-order valence-corrected chi connectivity index (χ2v) is 3.72. The molecule has 0 atom stereocenters. The van der Waals surface area contributed by atoms with E-state index in [1.807, 2.05) is 18.7 Å². The number of rotatable bonds is 2. The van der Waals surface area contributed by atoms with E-state index in [1.54, 1.807) is 11.3 Å². The first-order valence-corrected chi connectivity index (χ1v) is 5.00. The van der Waals surface area contributed by atoms with Crippen LogP contribution in [0.5, 0.6) is 0 Å². The fourth-order valence-corrected chi connectivity index (χ4v) is 1.78. The minimum absolute atomic E-state index is 1.05. The maximum atomic E-state index is 4.30. The van der Waals surface area contributed by atoms with E-state index in [9.17, 15) is 0 Å². The lowest BCUT2D eigenvalue weighted by atomic mass is 10.6. The topological polar surface area (TPSA) is 12.9 Å². The summed E-state index contributed by atoms with van der Waals surface area (Å²) in [5.41, 5.74) is 1.21. The minimum Gasteiger partial charge on any atom is -0.246 e. The van der Waals surface area contributed by atoms with Crippen LogP contribution in [0.1, 0.15) is 10.7 Å². The summed E-state index contributed by atoms with van der Waals surface area (Å²) in [6, 6.07) is 0. The molecule has 0 unspecified atom stereocenters. The van der Waals surface area contributed by atoms with Gasteiger partial charge >= 0.3 is 0 Å². The fraction of sp³-hybridized carbons (Fsp3) is 0.500. The van der Waals surface area contributed by atoms with Crippen LogP contribution in [-0.2, 0) is 5.75 Å². The van der Waals surface area contributed by atoms with Gasteiger partial charge in [0, 0.05) is 11.1 Å². The van der Waals surface area contributed by atoms with E-state index in [0.29, 0.717) is 0 Å². The molecule has 3 heteroatoms. The van der Waals surface area contributed by atoms with Crippen LogP contribution in [0.2, 0.25) is 0 Å². The summed E-state index contributed by atoms with van der Waals surface area (Å²) in [5.74, 6) is 1.05. The summed E-state index contributed by atoms with van der Waals surface area (Å²) >= 11 is 3.53. The average Bonchev–Trinajstić information content (AvgIpc) is 2.17. The highest BCUT2D eigenvalue weighted by Gasteiger charge is 1.94. The summed E-state index contributed by atoms with van der Waals surface area (Å²) in [5, 5.41) is 3.28. The summed E-state index contributed by atoms with van der Waals surface area (Å²) in [7, 11) is 0. The number of nitrogens with zero attached hydrogens (tertiary/aromatic N) is 1. The molecule has 0 radical (unpaired) electrons. The van der Waals surface area contributed by atoms with Crippen molar-refractivity contribution >= 4 is 23.1 Å². The normalized spacial score (nSPS) is 10.0. The molecule has 0 N–H and O–H groups in total. The molecular formula is C6H9NS2. The van der Waals surface area contributed by atoms with Gasteiger partial charge in [0.2, 0.25) is 0 Å². The Morgan fingerprint density at radius 3 is 3.00 bits per heavy atom. The highest BCUT2D eigenvalue weighted by molar-refractivity contribution is 7.97. The van der Waals surface area contributed by atoms with Gasteiger partial charge in [-0.3, -0.25) is 0 Å². The van der Waals surface area contributed by atoms with Crippen LogP contribution in [0.4, 0.5) is 0 Å². The zero-order valence-corrected chi connectivity index (χ0v) is 7.18. The molecule has 1 rings (SSSR count). The molecular weight excluding hydrogens is 150 g/mol. The van der Waals surface area contributed by atoms with Crippen LogP contribution >= 0.6 is 23.1 Å². The smallest absolute Gasteiger partial charge is 0.0897 e. The first-order valence-electron chi connectivity index (χ1n) is 2.73. The fourth-order valence-electron chi connectivity index (χ4n) is 0.622. The van der Waals surface area contributed by atoms with Crippen LogP contribution in [0.3, 0.4) is 0 Å². The van der Waals surface area contributed by atoms with Gasteiger partial charge in [-0.25, -0.2) is 4.98 Å². The molecule has 0 aliphatic heterocycles. The molecule has 50 valence electrons. The van der Waals surface area contributed by atoms with E-state index in [4.69, 9.17) is 0 Å². The van der Waals surface area contributed by atoms with Crippen LogP contribution in [-0.4, -0.2) is 11.2 Å². The van der Waals surface area contributed by atoms with Crippen molar-refractivity contribution in [1.29, 1.82) is 0 Å². The van der Waals surface area contributed by atoms with Gasteiger partial charge < -0.3 is 0 Å². The van der Waals surface area contributed by atoms with Crippen molar-refractivity contribution in [3.63, 3.8) is 0 Å². The lowest BCUT2D eigenvalue weighted by molar-refractivity contribution is 1.18. The minimum atomic E-state index is 1.05. The van der Waals surface area contributed by atoms with Gasteiger partial charge in [-0.15, -0.1) is 11.3 Å². The third-order valence-electron chi connectivity index (χ3n) is 0.959. The summed E-state index contributed by atoms with van der Waals surface area (Å²) in [6.45, 7) is 2.04. The van der Waals surface area contributed by atoms with Gasteiger partial charge in [0.05, 0.1) is 10.7 Å². The molecule has 1 nitrogen and oxygen atoms in total. The third-order valence-corrected chi connectivity index (χ3v) is 2.37. The highest BCUT2D eigenvalue weighted by atomic mass is 32.2. The van der Waals surface area contributed by atoms with E-state index in [2.05, 4.69) is 16.6 Å². The molecule has 1 aromatic heterocycles. The second-order valence-electron chi connectivity index (χ2n) is 1.79. The van der Waals surface area contributed by atoms with E-state index >= 15 is 0 Å². The van der Waals surface area contributed by atoms with Gasteiger partial charge in [0.1, 0.15) is 0 Å². The Morgan fingerprint density at radius 1 is 1.78 bits per heavy atom. The van der Waals surface area contributed by atoms with Crippen molar-refractivity contribution in [2.75, 3.05) is 6.26 Å². The Kier molecular flexibility index (Phi) is 2.54. The number of thioether (sulfide) groups is 1. The van der Waals surface area contributed by atoms with Crippen molar-refractivity contribution in [3.05, 3.63) is 16.1 Å². The monoisotopic (exact) mass is 159 g/mol. The number of thiazole rings is 1. The predicted molar refractivity (Wildman–Crippen MR) is 44.1 cm³/mol. The molecule has 0 aliphatic carbocycles. The van der Waals surface area contributed by atoms with Crippen molar-refractivity contribution < 1.29 is 0 Å². The van der Waals surface area contributed by atoms with E-state index in [1.165, 1.54) is 10.7 Å². The molecule has 0 bridgehead atoms. The van der Waals surface area contributed by atoms with Gasteiger partial charge in [-0.05, 0) is 13.2 Å². The number of aromatic nitrogens is 1. The number of hydrogen-bond acceptors (Lipinski definition) is 3. The second kappa shape index (κ2) is 3.22. The highest BCUT2D eigenvalue weighted by Crippen LogP contribution is 2.12. The zero-order chi connectivity index (χ0) is 6.69. The summed E-state index contributed by atoms with van der Waals surface area (Å²) in [6.07, 6.45) is 2.09. The lowest BCUT2D eigenvalue weighted by Gasteiger charge is -1.86. The number of hydrogen-bond donors (Lipinski definition) is 0. The molecule has 1 aromatic rings. The molecule has 0 saturated heterocycles. The Labute approximate surface area is 63.5 Å². The third kappa shape index (κ3) is 1.99. The largest absolute Gasteiger partial charge is 0.246 e. The van der Waals surface area contributed by atoms with Crippen LogP contribution in [0, 0.1) is 6.92 Å². The molecule has 0 aromatic carbocycles. The lowest BCUT2D eigenvalue weighted by Crippen LogP contribution is -1.77. The van der Waals surface area contributed by atoms with Gasteiger partial charge in [0.15, 0.2) is 0 Å². The maximum Gasteiger partial charge on any atom is 0.0897 e. The standard InChI is InChI=1S/C6H9NS2/c1-5-7-6(3-8-2)4-9-5/h4H,3H2,1-2H3. The Hall–Kier alpha value is -0.0200. The maximum absolute atomic E-state index is 4.30. The van der Waals surface area contributed by atoms with Crippen molar-refractivity contribution in [1.82, 2.24) is 4.98 Å². The molecule has 1 heterocycles. The Morgan fingerprint density at radius 2 is 2.56 bits per heavy atom. The first-order chi connectivity index (χ1) is 4.33. The molecule has 9 heavy (non-hydrogen) atoms. The van der Waals surface area contributed by atoms with Crippen LogP contribution in [0.15, 0.2) is 5.38 Å². The quantitative estimate of drug-likeness (QED) is 0.657. The van der Waals surface area contributed by atoms with E-state index in [0.717, 1.165) is 5.75 Å². The first kappa shape index (κ1) is 7.09. The van der Waals surface area contributed by atoms with Crippen molar-refractivity contribution in [2.24, 2.45) is 0 Å². The van der Waals surface area contributed by atoms with Crippen molar-refractivity contribution in [3.8, 4) is 0 Å². The van der Waals surface area contributed by atoms with Gasteiger partial charge in [-0.1, -0.05) is 0 Å².